The minimum atomic E-state index is -0.700. The maximum absolute atomic E-state index is 11.9. The van der Waals surface area contributed by atoms with Gasteiger partial charge in [0.1, 0.15) is 0 Å². The Morgan fingerprint density at radius 2 is 1.11 bits per heavy atom. The molecule has 38 heavy (non-hydrogen) atoms. The molecule has 0 aromatic carbocycles. The van der Waals surface area contributed by atoms with Gasteiger partial charge in [0.05, 0.1) is 6.61 Å². The highest BCUT2D eigenvalue weighted by atomic mass is 16.5. The fourth-order valence-electron chi connectivity index (χ4n) is 4.65. The van der Waals surface area contributed by atoms with Crippen molar-refractivity contribution in [2.75, 3.05) is 32.8 Å². The molecule has 0 fully saturated rings. The number of hydrogen-bond donors (Lipinski definition) is 2. The number of hydrogen-bond acceptors (Lipinski definition) is 5. The lowest BCUT2D eigenvalue weighted by atomic mass is 10.1. The van der Waals surface area contributed by atoms with Crippen LogP contribution in [0, 0.1) is 0 Å². The zero-order valence-electron chi connectivity index (χ0n) is 24.9. The second-order valence-electron chi connectivity index (χ2n) is 10.8. The Morgan fingerprint density at radius 3 is 1.66 bits per heavy atom. The number of nitrogens with zero attached hydrogens (tertiary/aromatic N) is 1. The van der Waals surface area contributed by atoms with Crippen molar-refractivity contribution in [1.29, 1.82) is 0 Å². The van der Waals surface area contributed by atoms with E-state index in [1.807, 2.05) is 0 Å². The molecule has 0 bridgehead atoms. The molecule has 224 valence electrons. The van der Waals surface area contributed by atoms with Crippen LogP contribution in [0.25, 0.3) is 0 Å². The number of carbonyl (C=O) groups is 3. The number of amides is 1. The second-order valence-corrected chi connectivity index (χ2v) is 10.8. The number of esters is 1. The molecule has 0 aromatic heterocycles. The fraction of sp³-hybridized carbons (Fsp3) is 0.903. The first-order valence-corrected chi connectivity index (χ1v) is 15.8. The van der Waals surface area contributed by atoms with E-state index in [0.29, 0.717) is 13.0 Å². The van der Waals surface area contributed by atoms with Crippen LogP contribution in [0.1, 0.15) is 149 Å². The Kier molecular flexibility index (Phi) is 27.2. The molecule has 1 amide bonds. The lowest BCUT2D eigenvalue weighted by Gasteiger charge is -2.22. The van der Waals surface area contributed by atoms with Crippen LogP contribution >= 0.6 is 0 Å². The minimum absolute atomic E-state index is 0.0335. The van der Waals surface area contributed by atoms with Gasteiger partial charge in [0.15, 0.2) is 0 Å². The van der Waals surface area contributed by atoms with Crippen molar-refractivity contribution >= 4 is 17.8 Å². The summed E-state index contributed by atoms with van der Waals surface area (Å²) in [4.78, 5) is 36.1. The number of ether oxygens (including phenoxy) is 1. The number of nitrogens with one attached hydrogen (secondary N) is 1. The zero-order valence-corrected chi connectivity index (χ0v) is 24.9. The standard InChI is InChI=1S/C31H60N2O5/c1-3-4-5-6-7-14-21-28-38-31(37)23-16-11-9-13-19-26-33(27-20-17-24-32-29(2)34)25-18-12-8-10-15-22-30(35)36/h3-28H2,1-2H3,(H,32,34)(H,35,36). The van der Waals surface area contributed by atoms with Crippen LogP contribution in [-0.4, -0.2) is 60.6 Å². The summed E-state index contributed by atoms with van der Waals surface area (Å²) in [5.74, 6) is -0.704. The summed E-state index contributed by atoms with van der Waals surface area (Å²) in [6.45, 7) is 8.36. The molecule has 0 aromatic rings. The van der Waals surface area contributed by atoms with Crippen LogP contribution < -0.4 is 5.32 Å². The first kappa shape index (κ1) is 36.4. The van der Waals surface area contributed by atoms with Gasteiger partial charge in [-0.2, -0.15) is 0 Å². The van der Waals surface area contributed by atoms with E-state index in [2.05, 4.69) is 17.1 Å². The van der Waals surface area contributed by atoms with E-state index in [4.69, 9.17) is 9.84 Å². The van der Waals surface area contributed by atoms with Crippen LogP contribution in [0.15, 0.2) is 0 Å². The molecule has 0 rings (SSSR count). The van der Waals surface area contributed by atoms with Gasteiger partial charge in [-0.1, -0.05) is 84.0 Å². The minimum Gasteiger partial charge on any atom is -0.481 e. The molecule has 0 aliphatic carbocycles. The van der Waals surface area contributed by atoms with Crippen molar-refractivity contribution in [3.05, 3.63) is 0 Å². The predicted molar refractivity (Wildman–Crippen MR) is 156 cm³/mol. The van der Waals surface area contributed by atoms with E-state index < -0.39 is 5.97 Å². The highest BCUT2D eigenvalue weighted by Gasteiger charge is 2.06. The Bertz CT molecular complexity index is 570. The largest absolute Gasteiger partial charge is 0.481 e. The Morgan fingerprint density at radius 1 is 0.632 bits per heavy atom. The molecule has 0 saturated carbocycles. The Labute approximate surface area is 233 Å². The number of carboxylic acid groups (broad SMARTS) is 1. The quantitative estimate of drug-likeness (QED) is 0.0765. The van der Waals surface area contributed by atoms with Crippen molar-refractivity contribution < 1.29 is 24.2 Å². The third-order valence-electron chi connectivity index (χ3n) is 7.01. The molecule has 0 heterocycles. The van der Waals surface area contributed by atoms with Gasteiger partial charge in [-0.25, -0.2) is 0 Å². The molecular formula is C31H60N2O5. The van der Waals surface area contributed by atoms with E-state index in [9.17, 15) is 14.4 Å². The molecule has 0 spiro atoms. The number of carbonyl (C=O) groups excluding carboxylic acids is 2. The van der Waals surface area contributed by atoms with E-state index >= 15 is 0 Å². The predicted octanol–water partition coefficient (Wildman–Crippen LogP) is 7.26. The van der Waals surface area contributed by atoms with Crippen LogP contribution in [0.2, 0.25) is 0 Å². The number of carboxylic acids is 1. The van der Waals surface area contributed by atoms with Crippen LogP contribution in [0.5, 0.6) is 0 Å². The first-order valence-electron chi connectivity index (χ1n) is 15.8. The maximum Gasteiger partial charge on any atom is 0.305 e. The average molecular weight is 541 g/mol. The highest BCUT2D eigenvalue weighted by molar-refractivity contribution is 5.72. The summed E-state index contributed by atoms with van der Waals surface area (Å²) in [6.07, 6.45) is 22.2. The summed E-state index contributed by atoms with van der Waals surface area (Å²) in [5.41, 5.74) is 0. The topological polar surface area (TPSA) is 95.9 Å². The van der Waals surface area contributed by atoms with Gasteiger partial charge < -0.3 is 20.1 Å². The van der Waals surface area contributed by atoms with Gasteiger partial charge in [0.2, 0.25) is 5.91 Å². The second kappa shape index (κ2) is 28.4. The zero-order chi connectivity index (χ0) is 28.1. The van der Waals surface area contributed by atoms with Crippen molar-refractivity contribution in [3.63, 3.8) is 0 Å². The van der Waals surface area contributed by atoms with Crippen molar-refractivity contribution in [2.45, 2.75) is 149 Å². The van der Waals surface area contributed by atoms with E-state index in [-0.39, 0.29) is 18.3 Å². The van der Waals surface area contributed by atoms with Crippen molar-refractivity contribution in [2.24, 2.45) is 0 Å². The molecule has 0 atom stereocenters. The summed E-state index contributed by atoms with van der Waals surface area (Å²) in [6, 6.07) is 0. The molecule has 0 aliphatic rings. The van der Waals surface area contributed by atoms with Crippen molar-refractivity contribution in [3.8, 4) is 0 Å². The average Bonchev–Trinajstić information content (AvgIpc) is 2.88. The molecule has 2 N–H and O–H groups in total. The first-order chi connectivity index (χ1) is 18.5. The van der Waals surface area contributed by atoms with Crippen LogP contribution in [-0.2, 0) is 19.1 Å². The van der Waals surface area contributed by atoms with E-state index in [1.54, 1.807) is 6.92 Å². The van der Waals surface area contributed by atoms with Crippen molar-refractivity contribution in [1.82, 2.24) is 10.2 Å². The molecule has 0 unspecified atom stereocenters. The van der Waals surface area contributed by atoms with Crippen LogP contribution in [0.3, 0.4) is 0 Å². The third kappa shape index (κ3) is 28.9. The number of aliphatic carboxylic acids is 1. The fourth-order valence-corrected chi connectivity index (χ4v) is 4.65. The lowest BCUT2D eigenvalue weighted by Crippen LogP contribution is -2.28. The van der Waals surface area contributed by atoms with Crippen LogP contribution in [0.4, 0.5) is 0 Å². The Hall–Kier alpha value is -1.63. The molecule has 0 radical (unpaired) electrons. The van der Waals surface area contributed by atoms with E-state index in [1.165, 1.54) is 44.9 Å². The van der Waals surface area contributed by atoms with Gasteiger partial charge in [-0.3, -0.25) is 14.4 Å². The number of unbranched alkanes of at least 4 members (excludes halogenated alkanes) is 15. The maximum atomic E-state index is 11.9. The highest BCUT2D eigenvalue weighted by Crippen LogP contribution is 2.11. The summed E-state index contributed by atoms with van der Waals surface area (Å²) < 4.78 is 5.38. The number of rotatable bonds is 29. The lowest BCUT2D eigenvalue weighted by molar-refractivity contribution is -0.144. The molecular weight excluding hydrogens is 480 g/mol. The molecule has 0 saturated heterocycles. The summed E-state index contributed by atoms with van der Waals surface area (Å²) >= 11 is 0. The molecule has 0 aliphatic heterocycles. The van der Waals surface area contributed by atoms with Gasteiger partial charge >= 0.3 is 11.9 Å². The van der Waals surface area contributed by atoms with Gasteiger partial charge in [0.25, 0.3) is 0 Å². The van der Waals surface area contributed by atoms with Gasteiger partial charge in [-0.15, -0.1) is 0 Å². The Balaban J connectivity index is 3.85. The molecule has 7 heteroatoms. The normalized spacial score (nSPS) is 11.1. The third-order valence-corrected chi connectivity index (χ3v) is 7.01. The van der Waals surface area contributed by atoms with Gasteiger partial charge in [0, 0.05) is 26.3 Å². The molecule has 7 nitrogen and oxygen atoms in total. The van der Waals surface area contributed by atoms with Gasteiger partial charge in [-0.05, 0) is 64.6 Å². The monoisotopic (exact) mass is 540 g/mol. The smallest absolute Gasteiger partial charge is 0.305 e. The summed E-state index contributed by atoms with van der Waals surface area (Å²) in [7, 11) is 0. The van der Waals surface area contributed by atoms with E-state index in [0.717, 1.165) is 103 Å². The summed E-state index contributed by atoms with van der Waals surface area (Å²) in [5, 5.41) is 11.6. The SMILES string of the molecule is CCCCCCCCCOC(=O)CCCCCCCN(CCCCCCCC(=O)O)CCCCNC(C)=O.